The fourth-order valence-electron chi connectivity index (χ4n) is 2.21. The summed E-state index contributed by atoms with van der Waals surface area (Å²) in [6, 6.07) is 3.98. The highest BCUT2D eigenvalue weighted by Gasteiger charge is 2.20. The Kier molecular flexibility index (Phi) is 3.37. The van der Waals surface area contributed by atoms with Crippen LogP contribution in [0.25, 0.3) is 0 Å². The molecule has 2 heterocycles. The summed E-state index contributed by atoms with van der Waals surface area (Å²) in [4.78, 5) is 6.32. The Balaban J connectivity index is 2.20. The quantitative estimate of drug-likeness (QED) is 0.804. The van der Waals surface area contributed by atoms with E-state index < -0.39 is 0 Å². The summed E-state index contributed by atoms with van der Waals surface area (Å²) in [5, 5.41) is 9.04. The summed E-state index contributed by atoms with van der Waals surface area (Å²) in [7, 11) is 0. The Morgan fingerprint density at radius 3 is 3.25 bits per heavy atom. The molecule has 0 amide bonds. The van der Waals surface area contributed by atoms with Crippen LogP contribution in [0.5, 0.6) is 0 Å². The topological polar surface area (TPSA) is 65.9 Å². The molecule has 1 aliphatic heterocycles. The number of hydrogen-bond acceptors (Lipinski definition) is 4. The predicted molar refractivity (Wildman–Crippen MR) is 62.9 cm³/mol. The van der Waals surface area contributed by atoms with E-state index >= 15 is 0 Å². The minimum Gasteiger partial charge on any atom is -0.369 e. The van der Waals surface area contributed by atoms with E-state index in [0.29, 0.717) is 11.5 Å². The summed E-state index contributed by atoms with van der Waals surface area (Å²) < 4.78 is 0. The molecular weight excluding hydrogens is 200 g/mol. The van der Waals surface area contributed by atoms with Gasteiger partial charge in [0, 0.05) is 19.3 Å². The molecule has 0 bridgehead atoms. The number of nitrogens with zero attached hydrogens (tertiary/aromatic N) is 3. The fraction of sp³-hybridized carbons (Fsp3) is 0.500. The Bertz CT molecular complexity index is 396. The van der Waals surface area contributed by atoms with Crippen LogP contribution in [0.2, 0.25) is 0 Å². The van der Waals surface area contributed by atoms with Crippen molar-refractivity contribution >= 4 is 5.69 Å². The lowest BCUT2D eigenvalue weighted by atomic mass is 9.97. The van der Waals surface area contributed by atoms with E-state index in [0.717, 1.165) is 31.7 Å². The van der Waals surface area contributed by atoms with Crippen LogP contribution in [-0.4, -0.2) is 24.6 Å². The lowest BCUT2D eigenvalue weighted by Crippen LogP contribution is -2.38. The van der Waals surface area contributed by atoms with Crippen molar-refractivity contribution in [3.63, 3.8) is 0 Å². The zero-order valence-electron chi connectivity index (χ0n) is 9.26. The maximum atomic E-state index is 9.04. The van der Waals surface area contributed by atoms with Crippen molar-refractivity contribution in [2.24, 2.45) is 11.7 Å². The molecular formula is C12H16N4. The molecule has 2 N–H and O–H groups in total. The van der Waals surface area contributed by atoms with Gasteiger partial charge >= 0.3 is 0 Å². The standard InChI is InChI=1S/C12H16N4/c13-6-10-2-1-5-16(9-10)12-8-15-4-3-11(12)7-14/h3-4,8,10H,1-2,5-6,9,13H2. The van der Waals surface area contributed by atoms with Gasteiger partial charge in [-0.2, -0.15) is 5.26 Å². The van der Waals surface area contributed by atoms with Gasteiger partial charge in [-0.1, -0.05) is 0 Å². The minimum absolute atomic E-state index is 0.542. The van der Waals surface area contributed by atoms with Crippen LogP contribution in [0.4, 0.5) is 5.69 Å². The molecule has 1 aliphatic rings. The zero-order valence-corrected chi connectivity index (χ0v) is 9.26. The number of pyridine rings is 1. The second-order valence-electron chi connectivity index (χ2n) is 4.19. The Morgan fingerprint density at radius 1 is 1.62 bits per heavy atom. The van der Waals surface area contributed by atoms with E-state index in [-0.39, 0.29) is 0 Å². The molecule has 16 heavy (non-hydrogen) atoms. The Morgan fingerprint density at radius 2 is 2.50 bits per heavy atom. The number of rotatable bonds is 2. The molecule has 0 saturated carbocycles. The molecule has 1 fully saturated rings. The molecule has 2 rings (SSSR count). The molecule has 0 spiro atoms. The maximum absolute atomic E-state index is 9.04. The van der Waals surface area contributed by atoms with Crippen LogP contribution < -0.4 is 10.6 Å². The van der Waals surface area contributed by atoms with Gasteiger partial charge in [-0.3, -0.25) is 4.98 Å². The first-order chi connectivity index (χ1) is 7.85. The molecule has 0 aromatic carbocycles. The first-order valence-corrected chi connectivity index (χ1v) is 5.64. The van der Waals surface area contributed by atoms with Gasteiger partial charge in [-0.05, 0) is 31.4 Å². The van der Waals surface area contributed by atoms with Crippen molar-refractivity contribution in [1.29, 1.82) is 5.26 Å². The number of aromatic nitrogens is 1. The lowest BCUT2D eigenvalue weighted by Gasteiger charge is -2.34. The average Bonchev–Trinajstić information content (AvgIpc) is 2.38. The van der Waals surface area contributed by atoms with Gasteiger partial charge in [0.25, 0.3) is 0 Å². The number of piperidine rings is 1. The van der Waals surface area contributed by atoms with Crippen LogP contribution in [0, 0.1) is 17.2 Å². The van der Waals surface area contributed by atoms with Gasteiger partial charge in [0.15, 0.2) is 0 Å². The molecule has 1 unspecified atom stereocenters. The van der Waals surface area contributed by atoms with Crippen molar-refractivity contribution in [3.8, 4) is 6.07 Å². The molecule has 0 radical (unpaired) electrons. The first kappa shape index (κ1) is 10.9. The molecule has 1 aromatic heterocycles. The number of hydrogen-bond donors (Lipinski definition) is 1. The van der Waals surface area contributed by atoms with Crippen LogP contribution in [0.1, 0.15) is 18.4 Å². The van der Waals surface area contributed by atoms with Gasteiger partial charge in [0.2, 0.25) is 0 Å². The molecule has 1 atom stereocenters. The van der Waals surface area contributed by atoms with E-state index in [2.05, 4.69) is 16.0 Å². The van der Waals surface area contributed by atoms with Crippen LogP contribution >= 0.6 is 0 Å². The maximum Gasteiger partial charge on any atom is 0.101 e. The van der Waals surface area contributed by atoms with Crippen molar-refractivity contribution in [2.75, 3.05) is 24.5 Å². The molecule has 84 valence electrons. The van der Waals surface area contributed by atoms with Crippen LogP contribution in [-0.2, 0) is 0 Å². The predicted octanol–water partition coefficient (Wildman–Crippen LogP) is 1.13. The molecule has 1 saturated heterocycles. The lowest BCUT2D eigenvalue weighted by molar-refractivity contribution is 0.423. The van der Waals surface area contributed by atoms with Crippen molar-refractivity contribution < 1.29 is 0 Å². The van der Waals surface area contributed by atoms with Gasteiger partial charge in [-0.25, -0.2) is 0 Å². The Labute approximate surface area is 95.7 Å². The fourth-order valence-corrected chi connectivity index (χ4v) is 2.21. The molecule has 1 aromatic rings. The monoisotopic (exact) mass is 216 g/mol. The van der Waals surface area contributed by atoms with Gasteiger partial charge in [-0.15, -0.1) is 0 Å². The largest absolute Gasteiger partial charge is 0.369 e. The highest BCUT2D eigenvalue weighted by molar-refractivity contribution is 5.57. The molecule has 0 aliphatic carbocycles. The van der Waals surface area contributed by atoms with Crippen LogP contribution in [0.15, 0.2) is 18.5 Å². The number of nitrogens with two attached hydrogens (primary N) is 1. The van der Waals surface area contributed by atoms with Gasteiger partial charge < -0.3 is 10.6 Å². The average molecular weight is 216 g/mol. The normalized spacial score (nSPS) is 20.5. The Hall–Kier alpha value is -1.60. The highest BCUT2D eigenvalue weighted by atomic mass is 15.1. The minimum atomic E-state index is 0.542. The van der Waals surface area contributed by atoms with E-state index in [4.69, 9.17) is 11.0 Å². The summed E-state index contributed by atoms with van der Waals surface area (Å²) in [5.41, 5.74) is 7.36. The van der Waals surface area contributed by atoms with E-state index in [1.807, 2.05) is 0 Å². The third kappa shape index (κ3) is 2.15. The third-order valence-corrected chi connectivity index (χ3v) is 3.11. The SMILES string of the molecule is N#Cc1ccncc1N1CCCC(CN)C1. The van der Waals surface area contributed by atoms with Gasteiger partial charge in [0.1, 0.15) is 6.07 Å². The smallest absolute Gasteiger partial charge is 0.101 e. The highest BCUT2D eigenvalue weighted by Crippen LogP contribution is 2.24. The molecule has 4 heteroatoms. The van der Waals surface area contributed by atoms with Crippen LogP contribution in [0.3, 0.4) is 0 Å². The van der Waals surface area contributed by atoms with E-state index in [1.54, 1.807) is 18.5 Å². The second-order valence-corrected chi connectivity index (χ2v) is 4.19. The second kappa shape index (κ2) is 4.95. The number of anilines is 1. The first-order valence-electron chi connectivity index (χ1n) is 5.64. The zero-order chi connectivity index (χ0) is 11.4. The number of nitriles is 1. The molecule has 4 nitrogen and oxygen atoms in total. The summed E-state index contributed by atoms with van der Waals surface area (Å²) in [5.74, 6) is 0.542. The summed E-state index contributed by atoms with van der Waals surface area (Å²) >= 11 is 0. The van der Waals surface area contributed by atoms with Crippen molar-refractivity contribution in [2.45, 2.75) is 12.8 Å². The third-order valence-electron chi connectivity index (χ3n) is 3.11. The summed E-state index contributed by atoms with van der Waals surface area (Å²) in [6.45, 7) is 2.66. The van der Waals surface area contributed by atoms with E-state index in [1.165, 1.54) is 6.42 Å². The summed E-state index contributed by atoms with van der Waals surface area (Å²) in [6.07, 6.45) is 5.76. The van der Waals surface area contributed by atoms with E-state index in [9.17, 15) is 0 Å². The van der Waals surface area contributed by atoms with Crippen molar-refractivity contribution in [3.05, 3.63) is 24.0 Å². The van der Waals surface area contributed by atoms with Crippen molar-refractivity contribution in [1.82, 2.24) is 4.98 Å². The van der Waals surface area contributed by atoms with Gasteiger partial charge in [0.05, 0.1) is 17.4 Å².